The first-order chi connectivity index (χ1) is 11.7. The fourth-order valence-electron chi connectivity index (χ4n) is 5.18. The maximum atomic E-state index is 11.4. The number of hydrogen-bond acceptors (Lipinski definition) is 2. The van der Waals surface area contributed by atoms with Crippen LogP contribution in [0.15, 0.2) is 12.2 Å². The highest BCUT2D eigenvalue weighted by Crippen LogP contribution is 2.40. The molecule has 0 N–H and O–H groups in total. The molecule has 2 aliphatic carbocycles. The van der Waals surface area contributed by atoms with E-state index < -0.39 is 0 Å². The van der Waals surface area contributed by atoms with Crippen molar-refractivity contribution in [2.75, 3.05) is 7.11 Å². The Labute approximate surface area is 149 Å². The zero-order valence-electron chi connectivity index (χ0n) is 16.0. The average Bonchev–Trinajstić information content (AvgIpc) is 3.06. The fourth-order valence-corrected chi connectivity index (χ4v) is 5.18. The topological polar surface area (TPSA) is 26.3 Å². The van der Waals surface area contributed by atoms with Crippen molar-refractivity contribution in [2.45, 2.75) is 90.4 Å². The zero-order chi connectivity index (χ0) is 17.2. The van der Waals surface area contributed by atoms with Gasteiger partial charge in [-0.1, -0.05) is 50.7 Å². The summed E-state index contributed by atoms with van der Waals surface area (Å²) in [6.45, 7) is 2.16. The monoisotopic (exact) mass is 334 g/mol. The molecule has 0 saturated heterocycles. The summed E-state index contributed by atoms with van der Waals surface area (Å²) >= 11 is 0. The minimum absolute atomic E-state index is 0.0404. The molecule has 0 radical (unpaired) electrons. The largest absolute Gasteiger partial charge is 0.469 e. The number of allylic oxidation sites excluding steroid dienone is 2. The van der Waals surface area contributed by atoms with E-state index in [0.29, 0.717) is 6.42 Å². The van der Waals surface area contributed by atoms with Crippen molar-refractivity contribution in [1.29, 1.82) is 0 Å². The molecule has 0 heterocycles. The number of carbonyl (C=O) groups is 1. The van der Waals surface area contributed by atoms with E-state index in [4.69, 9.17) is 4.74 Å². The zero-order valence-corrected chi connectivity index (χ0v) is 16.0. The number of methoxy groups -OCH3 is 1. The van der Waals surface area contributed by atoms with Crippen LogP contribution in [0.2, 0.25) is 0 Å². The van der Waals surface area contributed by atoms with Gasteiger partial charge in [-0.3, -0.25) is 4.79 Å². The predicted octanol–water partition coefficient (Wildman–Crippen LogP) is 6.30. The summed E-state index contributed by atoms with van der Waals surface area (Å²) < 4.78 is 4.81. The molecular weight excluding hydrogens is 296 g/mol. The van der Waals surface area contributed by atoms with Gasteiger partial charge in [-0.05, 0) is 69.1 Å². The van der Waals surface area contributed by atoms with Crippen molar-refractivity contribution in [3.05, 3.63) is 12.2 Å². The van der Waals surface area contributed by atoms with E-state index >= 15 is 0 Å². The molecule has 2 fully saturated rings. The van der Waals surface area contributed by atoms with Crippen LogP contribution in [0, 0.1) is 23.7 Å². The minimum Gasteiger partial charge on any atom is -0.469 e. The van der Waals surface area contributed by atoms with Crippen molar-refractivity contribution in [1.82, 2.24) is 0 Å². The summed E-state index contributed by atoms with van der Waals surface area (Å²) in [5.74, 6) is 3.45. The molecule has 0 bridgehead atoms. The van der Waals surface area contributed by atoms with Crippen LogP contribution in [0.3, 0.4) is 0 Å². The van der Waals surface area contributed by atoms with Crippen LogP contribution < -0.4 is 0 Å². The summed E-state index contributed by atoms with van der Waals surface area (Å²) in [4.78, 5) is 11.4. The van der Waals surface area contributed by atoms with Crippen LogP contribution in [0.5, 0.6) is 0 Å². The molecule has 0 spiro atoms. The summed E-state index contributed by atoms with van der Waals surface area (Å²) in [5.41, 5.74) is 0. The van der Waals surface area contributed by atoms with E-state index in [2.05, 4.69) is 19.1 Å². The molecule has 2 rings (SSSR count). The van der Waals surface area contributed by atoms with Gasteiger partial charge >= 0.3 is 5.97 Å². The standard InChI is InChI=1S/C22H38O2/c1-3-9-18-12-7-13-20(18)16-17-21(14-8-15-22(23)24-2)19-10-5-4-6-11-19/h3,9,18-21H,4-8,10-17H2,1-2H3/t18-,20+,21?/m0/s1. The lowest BCUT2D eigenvalue weighted by atomic mass is 9.74. The van der Waals surface area contributed by atoms with Gasteiger partial charge in [0.15, 0.2) is 0 Å². The van der Waals surface area contributed by atoms with E-state index in [1.165, 1.54) is 77.7 Å². The quantitative estimate of drug-likeness (QED) is 0.365. The SMILES string of the molecule is CC=C[C@H]1CCC[C@@H]1CCC(CCCC(=O)OC)C1CCCCC1. The highest BCUT2D eigenvalue weighted by molar-refractivity contribution is 5.68. The van der Waals surface area contributed by atoms with Gasteiger partial charge in [-0.15, -0.1) is 0 Å². The molecule has 0 aromatic rings. The Kier molecular flexibility index (Phi) is 8.91. The third-order valence-electron chi connectivity index (χ3n) is 6.57. The van der Waals surface area contributed by atoms with Gasteiger partial charge in [-0.2, -0.15) is 0 Å². The first-order valence-corrected chi connectivity index (χ1v) is 10.4. The van der Waals surface area contributed by atoms with Crippen molar-refractivity contribution in [2.24, 2.45) is 23.7 Å². The van der Waals surface area contributed by atoms with Crippen molar-refractivity contribution in [3.63, 3.8) is 0 Å². The Hall–Kier alpha value is -0.790. The van der Waals surface area contributed by atoms with Gasteiger partial charge in [0.2, 0.25) is 0 Å². The molecular formula is C22H38O2. The summed E-state index contributed by atoms with van der Waals surface area (Å²) in [5, 5.41) is 0. The van der Waals surface area contributed by atoms with Gasteiger partial charge < -0.3 is 4.74 Å². The molecule has 3 atom stereocenters. The highest BCUT2D eigenvalue weighted by Gasteiger charge is 2.28. The van der Waals surface area contributed by atoms with Crippen molar-refractivity contribution in [3.8, 4) is 0 Å². The minimum atomic E-state index is -0.0404. The van der Waals surface area contributed by atoms with Gasteiger partial charge in [0.1, 0.15) is 0 Å². The Morgan fingerprint density at radius 3 is 2.58 bits per heavy atom. The summed E-state index contributed by atoms with van der Waals surface area (Å²) in [7, 11) is 1.50. The number of carbonyl (C=O) groups excluding carboxylic acids is 1. The molecule has 0 aliphatic heterocycles. The van der Waals surface area contributed by atoms with Crippen LogP contribution in [0.4, 0.5) is 0 Å². The summed E-state index contributed by atoms with van der Waals surface area (Å²) in [6, 6.07) is 0. The molecule has 0 aromatic carbocycles. The molecule has 138 valence electrons. The van der Waals surface area contributed by atoms with Gasteiger partial charge in [0.25, 0.3) is 0 Å². The number of hydrogen-bond donors (Lipinski definition) is 0. The van der Waals surface area contributed by atoms with E-state index in [1.54, 1.807) is 0 Å². The molecule has 0 aromatic heterocycles. The lowest BCUT2D eigenvalue weighted by Gasteiger charge is -2.31. The number of ether oxygens (including phenoxy) is 1. The Balaban J connectivity index is 1.83. The second-order valence-corrected chi connectivity index (χ2v) is 8.08. The second-order valence-electron chi connectivity index (χ2n) is 8.08. The number of esters is 1. The Bertz CT molecular complexity index is 381. The second kappa shape index (κ2) is 10.9. The van der Waals surface area contributed by atoms with Crippen LogP contribution in [0.1, 0.15) is 90.4 Å². The fraction of sp³-hybridized carbons (Fsp3) is 0.864. The molecule has 0 amide bonds. The lowest BCUT2D eigenvalue weighted by molar-refractivity contribution is -0.140. The molecule has 2 heteroatoms. The maximum absolute atomic E-state index is 11.4. The van der Waals surface area contributed by atoms with E-state index in [1.807, 2.05) is 0 Å². The van der Waals surface area contributed by atoms with E-state index in [0.717, 1.165) is 30.1 Å². The van der Waals surface area contributed by atoms with Crippen LogP contribution in [0.25, 0.3) is 0 Å². The van der Waals surface area contributed by atoms with Crippen molar-refractivity contribution >= 4 is 5.97 Å². The molecule has 2 aliphatic rings. The van der Waals surface area contributed by atoms with Crippen LogP contribution >= 0.6 is 0 Å². The predicted molar refractivity (Wildman–Crippen MR) is 101 cm³/mol. The Morgan fingerprint density at radius 1 is 1.08 bits per heavy atom. The lowest BCUT2D eigenvalue weighted by Crippen LogP contribution is -2.20. The first-order valence-electron chi connectivity index (χ1n) is 10.4. The molecule has 2 nitrogen and oxygen atoms in total. The van der Waals surface area contributed by atoms with E-state index in [-0.39, 0.29) is 5.97 Å². The number of rotatable bonds is 9. The van der Waals surface area contributed by atoms with Crippen LogP contribution in [-0.2, 0) is 9.53 Å². The third-order valence-corrected chi connectivity index (χ3v) is 6.57. The molecule has 1 unspecified atom stereocenters. The first kappa shape index (κ1) is 19.5. The summed E-state index contributed by atoms with van der Waals surface area (Å²) in [6.07, 6.45) is 21.7. The van der Waals surface area contributed by atoms with Gasteiger partial charge in [0.05, 0.1) is 7.11 Å². The highest BCUT2D eigenvalue weighted by atomic mass is 16.5. The molecule has 2 saturated carbocycles. The van der Waals surface area contributed by atoms with Crippen LogP contribution in [-0.4, -0.2) is 13.1 Å². The van der Waals surface area contributed by atoms with E-state index in [9.17, 15) is 4.79 Å². The van der Waals surface area contributed by atoms with Crippen molar-refractivity contribution < 1.29 is 9.53 Å². The third kappa shape index (κ3) is 6.26. The molecule has 24 heavy (non-hydrogen) atoms. The Morgan fingerprint density at radius 2 is 1.88 bits per heavy atom. The normalized spacial score (nSPS) is 26.8. The maximum Gasteiger partial charge on any atom is 0.305 e. The smallest absolute Gasteiger partial charge is 0.305 e. The van der Waals surface area contributed by atoms with Gasteiger partial charge in [0, 0.05) is 6.42 Å². The average molecular weight is 335 g/mol. The van der Waals surface area contributed by atoms with Gasteiger partial charge in [-0.25, -0.2) is 0 Å².